The van der Waals surface area contributed by atoms with E-state index in [-0.39, 0.29) is 6.04 Å². The summed E-state index contributed by atoms with van der Waals surface area (Å²) in [6, 6.07) is 14.7. The molecule has 116 valence electrons. The second-order valence-electron chi connectivity index (χ2n) is 5.43. The fourth-order valence-corrected chi connectivity index (χ4v) is 3.00. The molecule has 0 unspecified atom stereocenters. The zero-order chi connectivity index (χ0) is 16.1. The molecule has 22 heavy (non-hydrogen) atoms. The van der Waals surface area contributed by atoms with Crippen molar-refractivity contribution >= 4 is 38.9 Å². The first-order valence-electron chi connectivity index (χ1n) is 7.40. The lowest BCUT2D eigenvalue weighted by Crippen LogP contribution is -2.32. The zero-order valence-electron chi connectivity index (χ0n) is 13.1. The van der Waals surface area contributed by atoms with Crippen molar-refractivity contribution < 1.29 is 0 Å². The summed E-state index contributed by atoms with van der Waals surface area (Å²) >= 11 is 8.88. The maximum absolute atomic E-state index is 5.45. The first-order chi connectivity index (χ1) is 10.5. The minimum absolute atomic E-state index is 0.219. The molecule has 0 heterocycles. The molecule has 1 atom stereocenters. The Bertz CT molecular complexity index is 653. The summed E-state index contributed by atoms with van der Waals surface area (Å²) < 4.78 is 1.05. The van der Waals surface area contributed by atoms with Crippen LogP contribution >= 0.6 is 28.1 Å². The van der Waals surface area contributed by atoms with Gasteiger partial charge in [0.05, 0.1) is 6.04 Å². The van der Waals surface area contributed by atoms with E-state index < -0.39 is 0 Å². The fraction of sp³-hybridized carbons (Fsp3) is 0.278. The van der Waals surface area contributed by atoms with Crippen LogP contribution < -0.4 is 10.6 Å². The van der Waals surface area contributed by atoms with Gasteiger partial charge in [0.2, 0.25) is 0 Å². The summed E-state index contributed by atoms with van der Waals surface area (Å²) in [6.07, 6.45) is 0.978. The quantitative estimate of drug-likeness (QED) is 0.688. The van der Waals surface area contributed by atoms with Crippen LogP contribution in [0.25, 0.3) is 0 Å². The van der Waals surface area contributed by atoms with Crippen LogP contribution in [0.2, 0.25) is 0 Å². The molecule has 0 saturated carbocycles. The van der Waals surface area contributed by atoms with Crippen molar-refractivity contribution in [3.05, 3.63) is 63.6 Å². The molecule has 0 radical (unpaired) electrons. The first kappa shape index (κ1) is 17.0. The van der Waals surface area contributed by atoms with Gasteiger partial charge in [0.15, 0.2) is 5.11 Å². The molecule has 4 heteroatoms. The average Bonchev–Trinajstić information content (AvgIpc) is 2.48. The zero-order valence-corrected chi connectivity index (χ0v) is 15.5. The maximum Gasteiger partial charge on any atom is 0.171 e. The number of halogens is 1. The minimum atomic E-state index is 0.219. The molecule has 2 N–H and O–H groups in total. The van der Waals surface area contributed by atoms with Crippen molar-refractivity contribution in [2.24, 2.45) is 0 Å². The van der Waals surface area contributed by atoms with Gasteiger partial charge in [-0.2, -0.15) is 0 Å². The lowest BCUT2D eigenvalue weighted by molar-refractivity contribution is 0.625. The van der Waals surface area contributed by atoms with Gasteiger partial charge < -0.3 is 10.6 Å². The van der Waals surface area contributed by atoms with E-state index in [1.807, 2.05) is 24.3 Å². The highest BCUT2D eigenvalue weighted by Gasteiger charge is 2.13. The van der Waals surface area contributed by atoms with Gasteiger partial charge in [0.1, 0.15) is 0 Å². The number of aryl methyl sites for hydroxylation is 2. The van der Waals surface area contributed by atoms with Crippen LogP contribution in [0.15, 0.2) is 46.9 Å². The minimum Gasteiger partial charge on any atom is -0.356 e. The van der Waals surface area contributed by atoms with Crippen molar-refractivity contribution in [2.45, 2.75) is 33.2 Å². The predicted octanol–water partition coefficient (Wildman–Crippen LogP) is 5.50. The molecule has 0 aromatic heterocycles. The van der Waals surface area contributed by atoms with Crippen LogP contribution in [-0.2, 0) is 0 Å². The van der Waals surface area contributed by atoms with E-state index in [4.69, 9.17) is 12.2 Å². The highest BCUT2D eigenvalue weighted by Crippen LogP contribution is 2.22. The number of hydrogen-bond acceptors (Lipinski definition) is 1. The summed E-state index contributed by atoms with van der Waals surface area (Å²) in [5.41, 5.74) is 4.86. The highest BCUT2D eigenvalue weighted by molar-refractivity contribution is 9.10. The number of anilines is 1. The second kappa shape index (κ2) is 7.75. The van der Waals surface area contributed by atoms with Gasteiger partial charge in [0, 0.05) is 10.2 Å². The monoisotopic (exact) mass is 376 g/mol. The third-order valence-electron chi connectivity index (χ3n) is 3.62. The standard InChI is InChI=1S/C18H21BrN2S/c1-4-17(16-10-5-12(2)11-13(16)3)21-18(22)20-15-8-6-14(19)7-9-15/h5-11,17H,4H2,1-3H3,(H2,20,21,22)/t17-/m0/s1. The van der Waals surface area contributed by atoms with E-state index in [0.29, 0.717) is 5.11 Å². The molecule has 0 saturated heterocycles. The summed E-state index contributed by atoms with van der Waals surface area (Å²) in [5.74, 6) is 0. The molecule has 2 nitrogen and oxygen atoms in total. The lowest BCUT2D eigenvalue weighted by atomic mass is 9.98. The topological polar surface area (TPSA) is 24.1 Å². The molecule has 2 aromatic carbocycles. The van der Waals surface area contributed by atoms with Gasteiger partial charge in [-0.3, -0.25) is 0 Å². The molecule has 0 aliphatic carbocycles. The van der Waals surface area contributed by atoms with E-state index in [9.17, 15) is 0 Å². The van der Waals surface area contributed by atoms with Crippen LogP contribution in [0.4, 0.5) is 5.69 Å². The Morgan fingerprint density at radius 1 is 1.14 bits per heavy atom. The Morgan fingerprint density at radius 3 is 2.41 bits per heavy atom. The Morgan fingerprint density at radius 2 is 1.82 bits per heavy atom. The van der Waals surface area contributed by atoms with Crippen molar-refractivity contribution in [1.29, 1.82) is 0 Å². The summed E-state index contributed by atoms with van der Waals surface area (Å²) in [4.78, 5) is 0. The van der Waals surface area contributed by atoms with Crippen molar-refractivity contribution in [1.82, 2.24) is 5.32 Å². The number of hydrogen-bond donors (Lipinski definition) is 2. The summed E-state index contributed by atoms with van der Waals surface area (Å²) in [5, 5.41) is 7.30. The van der Waals surface area contributed by atoms with Gasteiger partial charge in [0.25, 0.3) is 0 Å². The van der Waals surface area contributed by atoms with Crippen LogP contribution in [0, 0.1) is 13.8 Å². The Balaban J connectivity index is 2.06. The second-order valence-corrected chi connectivity index (χ2v) is 6.75. The van der Waals surface area contributed by atoms with E-state index in [2.05, 4.69) is 65.5 Å². The Kier molecular flexibility index (Phi) is 5.98. The number of nitrogens with one attached hydrogen (secondary N) is 2. The largest absolute Gasteiger partial charge is 0.356 e. The van der Waals surface area contributed by atoms with Gasteiger partial charge >= 0.3 is 0 Å². The van der Waals surface area contributed by atoms with E-state index in [1.165, 1.54) is 16.7 Å². The normalized spacial score (nSPS) is 11.8. The van der Waals surface area contributed by atoms with Gasteiger partial charge in [-0.15, -0.1) is 0 Å². The van der Waals surface area contributed by atoms with Gasteiger partial charge in [-0.05, 0) is 67.9 Å². The highest BCUT2D eigenvalue weighted by atomic mass is 79.9. The third kappa shape index (κ3) is 4.55. The molecular weight excluding hydrogens is 356 g/mol. The molecule has 0 amide bonds. The van der Waals surface area contributed by atoms with Gasteiger partial charge in [-0.1, -0.05) is 46.6 Å². The van der Waals surface area contributed by atoms with Crippen LogP contribution in [0.3, 0.4) is 0 Å². The summed E-state index contributed by atoms with van der Waals surface area (Å²) in [7, 11) is 0. The van der Waals surface area contributed by atoms with Crippen molar-refractivity contribution in [2.75, 3.05) is 5.32 Å². The fourth-order valence-electron chi connectivity index (χ4n) is 2.47. The molecule has 2 rings (SSSR count). The molecule has 2 aromatic rings. The molecule has 0 bridgehead atoms. The summed E-state index contributed by atoms with van der Waals surface area (Å²) in [6.45, 7) is 6.43. The van der Waals surface area contributed by atoms with Crippen LogP contribution in [0.1, 0.15) is 36.1 Å². The van der Waals surface area contributed by atoms with Crippen LogP contribution in [0.5, 0.6) is 0 Å². The maximum atomic E-state index is 5.45. The Labute approximate surface area is 146 Å². The number of rotatable bonds is 4. The molecule has 0 spiro atoms. The third-order valence-corrected chi connectivity index (χ3v) is 4.36. The molecule has 0 aliphatic heterocycles. The van der Waals surface area contributed by atoms with Crippen molar-refractivity contribution in [3.63, 3.8) is 0 Å². The SMILES string of the molecule is CC[C@H](NC(=S)Nc1ccc(Br)cc1)c1ccc(C)cc1C. The predicted molar refractivity (Wildman–Crippen MR) is 102 cm³/mol. The number of thiocarbonyl (C=S) groups is 1. The average molecular weight is 377 g/mol. The van der Waals surface area contributed by atoms with Gasteiger partial charge in [-0.25, -0.2) is 0 Å². The van der Waals surface area contributed by atoms with E-state index >= 15 is 0 Å². The lowest BCUT2D eigenvalue weighted by Gasteiger charge is -2.22. The Hall–Kier alpha value is -1.39. The van der Waals surface area contributed by atoms with E-state index in [0.717, 1.165) is 16.6 Å². The van der Waals surface area contributed by atoms with E-state index in [1.54, 1.807) is 0 Å². The smallest absolute Gasteiger partial charge is 0.171 e. The molecule has 0 fully saturated rings. The molecular formula is C18H21BrN2S. The number of benzene rings is 2. The first-order valence-corrected chi connectivity index (χ1v) is 8.60. The molecule has 0 aliphatic rings. The van der Waals surface area contributed by atoms with Crippen LogP contribution in [-0.4, -0.2) is 5.11 Å². The van der Waals surface area contributed by atoms with Crippen molar-refractivity contribution in [3.8, 4) is 0 Å².